The van der Waals surface area contributed by atoms with Gasteiger partial charge in [0.1, 0.15) is 0 Å². The summed E-state index contributed by atoms with van der Waals surface area (Å²) in [5.41, 5.74) is 12.5. The van der Waals surface area contributed by atoms with E-state index in [0.717, 1.165) is 33.9 Å². The van der Waals surface area contributed by atoms with E-state index in [0.29, 0.717) is 0 Å². The summed E-state index contributed by atoms with van der Waals surface area (Å²) >= 11 is 3.69. The molecule has 0 saturated carbocycles. The summed E-state index contributed by atoms with van der Waals surface area (Å²) in [6.45, 7) is 0. The SMILES string of the molecule is c1ccc(-c2cc(-c3ccc4c(c3)C3(c5ccccc5Sc5ccccc53)c3ccc5sccc5c3-4)nc(-c3ccccc3)n2)cc1. The fourth-order valence-electron chi connectivity index (χ4n) is 7.67. The number of aromatic nitrogens is 2. The topological polar surface area (TPSA) is 25.8 Å². The fourth-order valence-corrected chi connectivity index (χ4v) is 9.65. The first-order valence-corrected chi connectivity index (χ1v) is 17.5. The molecule has 1 spiro atoms. The van der Waals surface area contributed by atoms with Gasteiger partial charge >= 0.3 is 0 Å². The van der Waals surface area contributed by atoms with Crippen LogP contribution in [0.3, 0.4) is 0 Å². The molecule has 10 rings (SSSR count). The van der Waals surface area contributed by atoms with Crippen molar-refractivity contribution in [3.63, 3.8) is 0 Å². The van der Waals surface area contributed by atoms with E-state index < -0.39 is 5.41 Å². The van der Waals surface area contributed by atoms with Crippen LogP contribution in [-0.4, -0.2) is 9.97 Å². The number of hydrogen-bond donors (Lipinski definition) is 0. The van der Waals surface area contributed by atoms with Crippen LogP contribution in [0.2, 0.25) is 0 Å². The Balaban J connectivity index is 1.29. The maximum absolute atomic E-state index is 5.22. The van der Waals surface area contributed by atoms with Crippen molar-refractivity contribution in [2.75, 3.05) is 0 Å². The van der Waals surface area contributed by atoms with Crippen LogP contribution in [0, 0.1) is 0 Å². The minimum Gasteiger partial charge on any atom is -0.228 e. The van der Waals surface area contributed by atoms with Crippen LogP contribution in [0.25, 0.3) is 55.1 Å². The average molecular weight is 635 g/mol. The molecule has 2 aromatic heterocycles. The highest BCUT2D eigenvalue weighted by atomic mass is 32.2. The highest BCUT2D eigenvalue weighted by Gasteiger charge is 2.50. The molecule has 0 radical (unpaired) electrons. The van der Waals surface area contributed by atoms with Gasteiger partial charge in [-0.3, -0.25) is 0 Å². The Morgan fingerprint density at radius 3 is 1.83 bits per heavy atom. The van der Waals surface area contributed by atoms with E-state index in [9.17, 15) is 0 Å². The smallest absolute Gasteiger partial charge is 0.160 e. The predicted molar refractivity (Wildman–Crippen MR) is 195 cm³/mol. The van der Waals surface area contributed by atoms with Gasteiger partial charge in [-0.1, -0.05) is 127 Å². The van der Waals surface area contributed by atoms with Crippen LogP contribution in [-0.2, 0) is 5.41 Å². The maximum Gasteiger partial charge on any atom is 0.160 e. The van der Waals surface area contributed by atoms with Crippen LogP contribution in [0.15, 0.2) is 167 Å². The molecule has 0 unspecified atom stereocenters. The van der Waals surface area contributed by atoms with Gasteiger partial charge in [-0.2, -0.15) is 0 Å². The standard InChI is InChI=1S/C43H26N2S2/c1-3-11-27(12-4-1)36-26-37(45-42(44-36)28-13-5-2-6-14-28)29-19-20-30-35(25-29)43(34-21-22-38-31(41(30)34)23-24-46-38)32-15-7-9-17-39(32)47-40-18-10-8-16-33(40)43/h1-26H. The van der Waals surface area contributed by atoms with E-state index >= 15 is 0 Å². The molecule has 1 aliphatic carbocycles. The first kappa shape index (κ1) is 26.9. The Morgan fingerprint density at radius 2 is 1.11 bits per heavy atom. The molecule has 0 atom stereocenters. The van der Waals surface area contributed by atoms with Gasteiger partial charge in [0.25, 0.3) is 0 Å². The van der Waals surface area contributed by atoms with Gasteiger partial charge in [-0.05, 0) is 75.2 Å². The Labute approximate surface area is 281 Å². The van der Waals surface area contributed by atoms with E-state index in [2.05, 4.69) is 133 Å². The van der Waals surface area contributed by atoms with Gasteiger partial charge < -0.3 is 0 Å². The van der Waals surface area contributed by atoms with E-state index in [4.69, 9.17) is 9.97 Å². The van der Waals surface area contributed by atoms with Crippen molar-refractivity contribution >= 4 is 33.2 Å². The third-order valence-corrected chi connectivity index (χ3v) is 11.7. The summed E-state index contributed by atoms with van der Waals surface area (Å²) in [5.74, 6) is 0.727. The summed E-state index contributed by atoms with van der Waals surface area (Å²) in [7, 11) is 0. The zero-order valence-corrected chi connectivity index (χ0v) is 26.9. The van der Waals surface area contributed by atoms with E-state index in [-0.39, 0.29) is 0 Å². The molecule has 0 fully saturated rings. The van der Waals surface area contributed by atoms with Crippen LogP contribution >= 0.6 is 23.1 Å². The molecule has 220 valence electrons. The Kier molecular flexibility index (Phi) is 5.93. The van der Waals surface area contributed by atoms with E-state index in [1.807, 2.05) is 47.4 Å². The lowest BCUT2D eigenvalue weighted by atomic mass is 9.67. The molecule has 3 heterocycles. The van der Waals surface area contributed by atoms with Gasteiger partial charge in [0.15, 0.2) is 5.82 Å². The van der Waals surface area contributed by atoms with Crippen LogP contribution in [0.4, 0.5) is 0 Å². The lowest BCUT2D eigenvalue weighted by Gasteiger charge is -2.39. The molecule has 1 aliphatic heterocycles. The Bertz CT molecular complexity index is 2400. The zero-order chi connectivity index (χ0) is 31.0. The number of hydrogen-bond acceptors (Lipinski definition) is 4. The first-order chi connectivity index (χ1) is 23.3. The van der Waals surface area contributed by atoms with Crippen molar-refractivity contribution in [3.8, 4) is 45.0 Å². The summed E-state index contributed by atoms with van der Waals surface area (Å²) in [6, 6.07) is 54.9. The molecule has 0 amide bonds. The van der Waals surface area contributed by atoms with Gasteiger partial charge in [0.05, 0.1) is 16.8 Å². The lowest BCUT2D eigenvalue weighted by Crippen LogP contribution is -2.32. The van der Waals surface area contributed by atoms with Crippen LogP contribution in [0.5, 0.6) is 0 Å². The molecular formula is C43H26N2S2. The average Bonchev–Trinajstić information content (AvgIpc) is 3.74. The predicted octanol–water partition coefficient (Wildman–Crippen LogP) is 11.5. The molecule has 0 bridgehead atoms. The third-order valence-electron chi connectivity index (χ3n) is 9.66. The second-order valence-electron chi connectivity index (χ2n) is 12.1. The molecule has 2 nitrogen and oxygen atoms in total. The molecule has 0 saturated heterocycles. The van der Waals surface area contributed by atoms with Gasteiger partial charge in [-0.25, -0.2) is 9.97 Å². The summed E-state index contributed by atoms with van der Waals surface area (Å²) in [6.07, 6.45) is 0. The second kappa shape index (κ2) is 10.4. The third kappa shape index (κ3) is 3.92. The van der Waals surface area contributed by atoms with Crippen molar-refractivity contribution in [2.45, 2.75) is 15.2 Å². The Hall–Kier alpha value is -5.29. The molecule has 8 aromatic rings. The molecule has 6 aromatic carbocycles. The summed E-state index contributed by atoms with van der Waals surface area (Å²) < 4.78 is 1.32. The number of fused-ring (bicyclic) bond motifs is 11. The molecule has 47 heavy (non-hydrogen) atoms. The number of rotatable bonds is 3. The summed E-state index contributed by atoms with van der Waals surface area (Å²) in [4.78, 5) is 12.9. The normalized spacial score (nSPS) is 13.6. The fraction of sp³-hybridized carbons (Fsp3) is 0.0233. The van der Waals surface area contributed by atoms with Crippen molar-refractivity contribution in [2.24, 2.45) is 0 Å². The quantitative estimate of drug-likeness (QED) is 0.193. The van der Waals surface area contributed by atoms with Gasteiger partial charge in [0, 0.05) is 36.6 Å². The monoisotopic (exact) mass is 634 g/mol. The maximum atomic E-state index is 5.22. The largest absolute Gasteiger partial charge is 0.228 e. The molecule has 0 N–H and O–H groups in total. The van der Waals surface area contributed by atoms with Crippen LogP contribution < -0.4 is 0 Å². The van der Waals surface area contributed by atoms with Crippen molar-refractivity contribution in [3.05, 3.63) is 179 Å². The molecule has 4 heteroatoms. The highest BCUT2D eigenvalue weighted by Crippen LogP contribution is 2.63. The van der Waals surface area contributed by atoms with Crippen molar-refractivity contribution in [1.29, 1.82) is 0 Å². The van der Waals surface area contributed by atoms with Gasteiger partial charge in [0.2, 0.25) is 0 Å². The minimum atomic E-state index is -0.452. The number of thiophene rings is 1. The minimum absolute atomic E-state index is 0.452. The van der Waals surface area contributed by atoms with E-state index in [1.165, 1.54) is 53.3 Å². The highest BCUT2D eigenvalue weighted by molar-refractivity contribution is 7.99. The number of benzene rings is 6. The Morgan fingerprint density at radius 1 is 0.468 bits per heavy atom. The van der Waals surface area contributed by atoms with Crippen molar-refractivity contribution in [1.82, 2.24) is 9.97 Å². The molecule has 2 aliphatic rings. The first-order valence-electron chi connectivity index (χ1n) is 15.8. The molecular weight excluding hydrogens is 609 g/mol. The second-order valence-corrected chi connectivity index (χ2v) is 14.2. The van der Waals surface area contributed by atoms with Crippen molar-refractivity contribution < 1.29 is 0 Å². The summed E-state index contributed by atoms with van der Waals surface area (Å²) in [5, 5.41) is 3.55. The van der Waals surface area contributed by atoms with Gasteiger partial charge in [-0.15, -0.1) is 11.3 Å². The zero-order valence-electron chi connectivity index (χ0n) is 25.2. The van der Waals surface area contributed by atoms with Crippen LogP contribution in [0.1, 0.15) is 22.3 Å². The van der Waals surface area contributed by atoms with E-state index in [1.54, 1.807) is 0 Å². The lowest BCUT2D eigenvalue weighted by molar-refractivity contribution is 0.723. The number of nitrogens with zero attached hydrogens (tertiary/aromatic N) is 2.